The lowest BCUT2D eigenvalue weighted by Crippen LogP contribution is -2.47. The Morgan fingerprint density at radius 1 is 0.769 bits per heavy atom. The van der Waals surface area contributed by atoms with Gasteiger partial charge in [-0.2, -0.15) is 9.97 Å². The number of ether oxygens (including phenoxy) is 3. The van der Waals surface area contributed by atoms with Gasteiger partial charge in [0.15, 0.2) is 0 Å². The molecule has 16 nitrogen and oxygen atoms in total. The Balaban J connectivity index is 0.000000374. The summed E-state index contributed by atoms with van der Waals surface area (Å²) in [5, 5.41) is 15.3. The van der Waals surface area contributed by atoms with E-state index in [2.05, 4.69) is 70.2 Å². The number of unbranched alkanes of at least 4 members (excludes halogenated alkanes) is 2. The number of amides is 2. The highest BCUT2D eigenvalue weighted by Crippen LogP contribution is 2.20. The predicted octanol–water partition coefficient (Wildman–Crippen LogP) is 7.21. The minimum atomic E-state index is -0.672. The number of nitrogens with one attached hydrogen (secondary N) is 5. The first-order valence-electron chi connectivity index (χ1n) is 21.4. The van der Waals surface area contributed by atoms with Crippen molar-refractivity contribution in [2.24, 2.45) is 5.73 Å². The second-order valence-corrected chi connectivity index (χ2v) is 15.4. The van der Waals surface area contributed by atoms with Crippen LogP contribution in [0.2, 0.25) is 0 Å². The fourth-order valence-electron chi connectivity index (χ4n) is 5.28. The average molecular weight is 900 g/mol. The van der Waals surface area contributed by atoms with E-state index in [1.54, 1.807) is 78.6 Å². The molecule has 2 aromatic carbocycles. The molecule has 2 aromatic heterocycles. The molecule has 65 heavy (non-hydrogen) atoms. The fraction of sp³-hybridized carbons (Fsp3) is 0.447. The van der Waals surface area contributed by atoms with E-state index in [4.69, 9.17) is 19.9 Å². The Morgan fingerprint density at radius 2 is 1.26 bits per heavy atom. The minimum absolute atomic E-state index is 0.270. The Hall–Kier alpha value is -6.60. The third kappa shape index (κ3) is 21.1. The number of hydrogen-bond acceptors (Lipinski definition) is 14. The average Bonchev–Trinajstić information content (AvgIpc) is 3.26. The van der Waals surface area contributed by atoms with Crippen LogP contribution in [0.15, 0.2) is 60.9 Å². The van der Waals surface area contributed by atoms with E-state index in [-0.39, 0.29) is 17.5 Å². The quantitative estimate of drug-likeness (QED) is 0.0362. The van der Waals surface area contributed by atoms with E-state index in [1.165, 1.54) is 36.2 Å². The first-order valence-corrected chi connectivity index (χ1v) is 21.4. The van der Waals surface area contributed by atoms with Crippen molar-refractivity contribution in [3.05, 3.63) is 83.7 Å². The van der Waals surface area contributed by atoms with E-state index in [0.29, 0.717) is 98.3 Å². The highest BCUT2D eigenvalue weighted by molar-refractivity contribution is 5.85. The van der Waals surface area contributed by atoms with Crippen molar-refractivity contribution in [3.8, 4) is 23.7 Å². The number of aromatic nitrogens is 4. The third-order valence-corrected chi connectivity index (χ3v) is 8.75. The third-order valence-electron chi connectivity index (χ3n) is 8.75. The van der Waals surface area contributed by atoms with Crippen LogP contribution in [0.25, 0.3) is 0 Å². The molecule has 0 aliphatic rings. The highest BCUT2D eigenvalue weighted by atomic mass is 19.1. The summed E-state index contributed by atoms with van der Waals surface area (Å²) >= 11 is 0. The number of anilines is 6. The van der Waals surface area contributed by atoms with E-state index < -0.39 is 17.7 Å². The maximum absolute atomic E-state index is 13.5. The van der Waals surface area contributed by atoms with Gasteiger partial charge >= 0.3 is 6.09 Å². The van der Waals surface area contributed by atoms with Crippen LogP contribution in [-0.4, -0.2) is 109 Å². The number of nitrogens with zero attached hydrogens (tertiary/aromatic N) is 5. The molecule has 350 valence electrons. The maximum atomic E-state index is 13.5. The molecule has 0 radical (unpaired) electrons. The lowest BCUT2D eigenvalue weighted by molar-refractivity contribution is -0.125. The molecule has 0 saturated carbocycles. The van der Waals surface area contributed by atoms with Gasteiger partial charge in [0, 0.05) is 78.3 Å². The summed E-state index contributed by atoms with van der Waals surface area (Å²) in [5.41, 5.74) is 7.30. The minimum Gasteiger partial charge on any atom is -0.444 e. The van der Waals surface area contributed by atoms with Gasteiger partial charge in [-0.15, -0.1) is 0 Å². The van der Waals surface area contributed by atoms with Crippen LogP contribution in [0.1, 0.15) is 77.3 Å². The largest absolute Gasteiger partial charge is 0.444 e. The van der Waals surface area contributed by atoms with Gasteiger partial charge in [0.2, 0.25) is 17.8 Å². The van der Waals surface area contributed by atoms with E-state index in [9.17, 15) is 18.4 Å². The summed E-state index contributed by atoms with van der Waals surface area (Å²) in [6, 6.07) is 11.5. The standard InChI is InChI=1S/C28H39FN6O4.C19H24FN5O/c1-20(35(5)27(37)39-28(2,3)4)25(36)31-15-9-7-8-12-21-19-32-26(33-23-14-10-13-22(29)18-23)34-24(21)30-16-11-17-38-6;1-26-12-6-11-22-18-15(7-3-2-4-10-21)14-23-19(25-18)24-17-9-5-8-16(20)13-17/h10,13-14,18-20H,7,9,11,15-17H2,1-6H3,(H,31,36)(H2,30,32,33,34);5,8-9,13-14H,2,4,6,10-12,21H2,1H3,(H2,22,23,24,25)/t20-;/m0./s1. The van der Waals surface area contributed by atoms with E-state index in [0.717, 1.165) is 25.7 Å². The molecule has 0 fully saturated rings. The number of rotatable bonds is 21. The number of hydrogen-bond donors (Lipinski definition) is 6. The summed E-state index contributed by atoms with van der Waals surface area (Å²) in [6.45, 7) is 10.6. The molecule has 0 aliphatic carbocycles. The second kappa shape index (κ2) is 29.0. The van der Waals surface area contributed by atoms with Gasteiger partial charge in [-0.05, 0) is 96.3 Å². The van der Waals surface area contributed by atoms with Gasteiger partial charge in [-0.25, -0.2) is 23.5 Å². The summed E-state index contributed by atoms with van der Waals surface area (Å²) in [6.07, 6.45) is 7.06. The van der Waals surface area contributed by atoms with Gasteiger partial charge in [0.05, 0.1) is 23.5 Å². The van der Waals surface area contributed by atoms with Crippen LogP contribution >= 0.6 is 0 Å². The first-order chi connectivity index (χ1) is 31.2. The highest BCUT2D eigenvalue weighted by Gasteiger charge is 2.26. The molecule has 2 heterocycles. The Bertz CT molecular complexity index is 2220. The zero-order valence-corrected chi connectivity index (χ0v) is 38.4. The molecule has 18 heteroatoms. The molecule has 4 aromatic rings. The van der Waals surface area contributed by atoms with Crippen molar-refractivity contribution in [1.29, 1.82) is 0 Å². The Kier molecular flexibility index (Phi) is 23.5. The fourth-order valence-corrected chi connectivity index (χ4v) is 5.28. The number of methoxy groups -OCH3 is 2. The molecule has 0 unspecified atom stereocenters. The summed E-state index contributed by atoms with van der Waals surface area (Å²) in [5.74, 6) is 13.2. The Morgan fingerprint density at radius 3 is 1.71 bits per heavy atom. The molecule has 0 saturated heterocycles. The lowest BCUT2D eigenvalue weighted by atomic mass is 10.2. The zero-order chi connectivity index (χ0) is 47.5. The summed E-state index contributed by atoms with van der Waals surface area (Å²) in [7, 11) is 4.84. The van der Waals surface area contributed by atoms with Crippen LogP contribution in [-0.2, 0) is 19.0 Å². The predicted molar refractivity (Wildman–Crippen MR) is 251 cm³/mol. The Labute approximate surface area is 381 Å². The molecule has 0 spiro atoms. The monoisotopic (exact) mass is 899 g/mol. The first kappa shape index (κ1) is 52.7. The molecular weight excluding hydrogens is 837 g/mol. The molecule has 2 amide bonds. The van der Waals surface area contributed by atoms with Crippen LogP contribution in [0.3, 0.4) is 0 Å². The number of carbonyl (C=O) groups is 2. The summed E-state index contributed by atoms with van der Waals surface area (Å²) < 4.78 is 42.3. The summed E-state index contributed by atoms with van der Waals surface area (Å²) in [4.78, 5) is 43.4. The van der Waals surface area contributed by atoms with Crippen LogP contribution in [0, 0.1) is 35.3 Å². The topological polar surface area (TPSA) is 203 Å². The number of benzene rings is 2. The molecular formula is C47H63F2N11O5. The number of nitrogens with two attached hydrogens (primary N) is 1. The van der Waals surface area contributed by atoms with E-state index >= 15 is 0 Å². The number of likely N-dealkylation sites (N-methyl/N-ethyl adjacent to an activating group) is 1. The van der Waals surface area contributed by atoms with Gasteiger partial charge < -0.3 is 46.5 Å². The lowest BCUT2D eigenvalue weighted by Gasteiger charge is -2.28. The molecule has 4 rings (SSSR count). The van der Waals surface area contributed by atoms with Crippen molar-refractivity contribution in [2.45, 2.75) is 77.9 Å². The van der Waals surface area contributed by atoms with Crippen LogP contribution in [0.5, 0.6) is 0 Å². The van der Waals surface area contributed by atoms with Crippen molar-refractivity contribution in [3.63, 3.8) is 0 Å². The van der Waals surface area contributed by atoms with Crippen molar-refractivity contribution in [1.82, 2.24) is 30.2 Å². The molecule has 0 bridgehead atoms. The van der Waals surface area contributed by atoms with Gasteiger partial charge in [-0.3, -0.25) is 9.69 Å². The molecule has 1 atom stereocenters. The van der Waals surface area contributed by atoms with Crippen molar-refractivity contribution >= 4 is 46.9 Å². The van der Waals surface area contributed by atoms with Crippen LogP contribution in [0.4, 0.5) is 48.5 Å². The normalized spacial score (nSPS) is 11.0. The van der Waals surface area contributed by atoms with Crippen LogP contribution < -0.4 is 32.3 Å². The number of carbonyl (C=O) groups excluding carboxylic acids is 2. The second-order valence-electron chi connectivity index (χ2n) is 15.4. The molecule has 7 N–H and O–H groups in total. The van der Waals surface area contributed by atoms with Gasteiger partial charge in [-0.1, -0.05) is 35.8 Å². The SMILES string of the molecule is COCCCNc1nc(Nc2cccc(F)c2)ncc1C#CCCCN.COCCCNc1nc(Nc2cccc(F)c2)ncc1C#CCCCNC(=O)[C@H](C)N(C)C(=O)OC(C)(C)C. The van der Waals surface area contributed by atoms with E-state index in [1.807, 2.05) is 0 Å². The smallest absolute Gasteiger partial charge is 0.410 e. The maximum Gasteiger partial charge on any atom is 0.410 e. The molecule has 0 aliphatic heterocycles. The van der Waals surface area contributed by atoms with Crippen molar-refractivity contribution < 1.29 is 32.6 Å². The zero-order valence-electron chi connectivity index (χ0n) is 38.4. The van der Waals surface area contributed by atoms with Crippen molar-refractivity contribution in [2.75, 3.05) is 81.9 Å². The van der Waals surface area contributed by atoms with Gasteiger partial charge in [0.1, 0.15) is 34.9 Å². The van der Waals surface area contributed by atoms with Gasteiger partial charge in [0.25, 0.3) is 0 Å². The number of halogens is 2.